The fraction of sp³-hybridized carbons (Fsp3) is 0.455. The predicted molar refractivity (Wildman–Crippen MR) is 63.0 cm³/mol. The Bertz CT molecular complexity index is 310. The van der Waals surface area contributed by atoms with Gasteiger partial charge in [-0.2, -0.15) is 0 Å². The summed E-state index contributed by atoms with van der Waals surface area (Å²) in [7, 11) is 2.04. The van der Waals surface area contributed by atoms with Crippen LogP contribution in [0.15, 0.2) is 18.2 Å². The molecule has 0 aliphatic carbocycles. The lowest BCUT2D eigenvalue weighted by molar-refractivity contribution is 0.806. The molecule has 1 atom stereocenters. The summed E-state index contributed by atoms with van der Waals surface area (Å²) in [5.41, 5.74) is 8.04. The van der Waals surface area contributed by atoms with Crippen LogP contribution in [0.25, 0.3) is 0 Å². The molecule has 78 valence electrons. The number of benzene rings is 1. The van der Waals surface area contributed by atoms with Crippen molar-refractivity contribution in [2.75, 3.05) is 18.5 Å². The van der Waals surface area contributed by atoms with Crippen LogP contribution >= 0.6 is 11.6 Å². The van der Waals surface area contributed by atoms with Crippen molar-refractivity contribution in [3.8, 4) is 0 Å². The van der Waals surface area contributed by atoms with Crippen molar-refractivity contribution in [1.82, 2.24) is 0 Å². The Kier molecular flexibility index (Phi) is 3.78. The van der Waals surface area contributed by atoms with Gasteiger partial charge in [0.25, 0.3) is 0 Å². The summed E-state index contributed by atoms with van der Waals surface area (Å²) in [6, 6.07) is 5.85. The molecule has 1 aromatic rings. The average Bonchev–Trinajstić information content (AvgIpc) is 2.15. The molecule has 1 aromatic carbocycles. The number of nitrogens with two attached hydrogens (primary N) is 1. The van der Waals surface area contributed by atoms with Crippen molar-refractivity contribution in [1.29, 1.82) is 0 Å². The summed E-state index contributed by atoms with van der Waals surface area (Å²) < 4.78 is 0. The van der Waals surface area contributed by atoms with Crippen LogP contribution < -0.4 is 10.6 Å². The van der Waals surface area contributed by atoms with Gasteiger partial charge in [0, 0.05) is 35.9 Å². The van der Waals surface area contributed by atoms with E-state index >= 15 is 0 Å². The second-order valence-corrected chi connectivity index (χ2v) is 3.88. The minimum atomic E-state index is -0.0345. The van der Waals surface area contributed by atoms with Crippen LogP contribution in [-0.4, -0.2) is 13.6 Å². The van der Waals surface area contributed by atoms with Gasteiger partial charge in [-0.1, -0.05) is 17.7 Å². The smallest absolute Gasteiger partial charge is 0.0474 e. The van der Waals surface area contributed by atoms with Crippen LogP contribution in [0.2, 0.25) is 5.02 Å². The normalized spacial score (nSPS) is 12.6. The topological polar surface area (TPSA) is 29.3 Å². The van der Waals surface area contributed by atoms with Gasteiger partial charge in [0.15, 0.2) is 0 Å². The van der Waals surface area contributed by atoms with Crippen LogP contribution in [0.3, 0.4) is 0 Å². The highest BCUT2D eigenvalue weighted by Crippen LogP contribution is 2.30. The highest BCUT2D eigenvalue weighted by Gasteiger charge is 2.12. The molecule has 0 aliphatic heterocycles. The van der Waals surface area contributed by atoms with E-state index in [1.165, 1.54) is 0 Å². The highest BCUT2D eigenvalue weighted by atomic mass is 35.5. The van der Waals surface area contributed by atoms with Gasteiger partial charge >= 0.3 is 0 Å². The summed E-state index contributed by atoms with van der Waals surface area (Å²) >= 11 is 6.12. The molecular formula is C11H17ClN2. The number of hydrogen-bond donors (Lipinski definition) is 1. The number of hydrogen-bond acceptors (Lipinski definition) is 2. The highest BCUT2D eigenvalue weighted by molar-refractivity contribution is 6.31. The van der Waals surface area contributed by atoms with Crippen molar-refractivity contribution >= 4 is 17.3 Å². The van der Waals surface area contributed by atoms with E-state index < -0.39 is 0 Å². The second kappa shape index (κ2) is 4.67. The molecule has 3 heteroatoms. The first-order chi connectivity index (χ1) is 6.57. The van der Waals surface area contributed by atoms with Crippen LogP contribution in [0.4, 0.5) is 5.69 Å². The van der Waals surface area contributed by atoms with Crippen LogP contribution in [0, 0.1) is 0 Å². The molecule has 0 amide bonds. The Morgan fingerprint density at radius 1 is 1.50 bits per heavy atom. The Morgan fingerprint density at radius 3 is 2.64 bits per heavy atom. The fourth-order valence-electron chi connectivity index (χ4n) is 1.48. The van der Waals surface area contributed by atoms with Crippen molar-refractivity contribution in [3.63, 3.8) is 0 Å². The molecule has 0 bridgehead atoms. The number of nitrogens with zero attached hydrogens (tertiary/aromatic N) is 1. The molecule has 0 spiro atoms. The zero-order valence-corrected chi connectivity index (χ0v) is 9.67. The Labute approximate surface area is 90.7 Å². The van der Waals surface area contributed by atoms with Gasteiger partial charge in [0.05, 0.1) is 0 Å². The lowest BCUT2D eigenvalue weighted by Gasteiger charge is -2.23. The van der Waals surface area contributed by atoms with Crippen LogP contribution in [0.5, 0.6) is 0 Å². The first-order valence-electron chi connectivity index (χ1n) is 4.83. The SMILES string of the molecule is CCN(C)c1cccc(Cl)c1[C@@H](C)N. The zero-order valence-electron chi connectivity index (χ0n) is 8.92. The van der Waals surface area contributed by atoms with Gasteiger partial charge in [-0.05, 0) is 26.0 Å². The summed E-state index contributed by atoms with van der Waals surface area (Å²) in [6.07, 6.45) is 0. The summed E-state index contributed by atoms with van der Waals surface area (Å²) in [5.74, 6) is 0. The van der Waals surface area contributed by atoms with E-state index in [0.29, 0.717) is 0 Å². The van der Waals surface area contributed by atoms with Crippen molar-refractivity contribution in [3.05, 3.63) is 28.8 Å². The van der Waals surface area contributed by atoms with Crippen molar-refractivity contribution in [2.24, 2.45) is 5.73 Å². The minimum absolute atomic E-state index is 0.0345. The molecular weight excluding hydrogens is 196 g/mol. The molecule has 0 fully saturated rings. The molecule has 0 aromatic heterocycles. The number of rotatable bonds is 3. The molecule has 1 rings (SSSR count). The third-order valence-electron chi connectivity index (χ3n) is 2.37. The second-order valence-electron chi connectivity index (χ2n) is 3.48. The Hall–Kier alpha value is -0.730. The van der Waals surface area contributed by atoms with Gasteiger partial charge < -0.3 is 10.6 Å². The standard InChI is InChI=1S/C11H17ClN2/c1-4-14(3)10-7-5-6-9(12)11(10)8(2)13/h5-8H,4,13H2,1-3H3/t8-/m1/s1. The van der Waals surface area contributed by atoms with E-state index in [9.17, 15) is 0 Å². The van der Waals surface area contributed by atoms with Crippen LogP contribution in [-0.2, 0) is 0 Å². The van der Waals surface area contributed by atoms with Gasteiger partial charge in [-0.3, -0.25) is 0 Å². The van der Waals surface area contributed by atoms with E-state index in [0.717, 1.165) is 22.8 Å². The van der Waals surface area contributed by atoms with Crippen LogP contribution in [0.1, 0.15) is 25.5 Å². The molecule has 0 saturated heterocycles. The molecule has 0 heterocycles. The van der Waals surface area contributed by atoms with Gasteiger partial charge in [0.2, 0.25) is 0 Å². The first-order valence-corrected chi connectivity index (χ1v) is 5.20. The third-order valence-corrected chi connectivity index (χ3v) is 2.70. The summed E-state index contributed by atoms with van der Waals surface area (Å²) in [4.78, 5) is 2.14. The number of anilines is 1. The summed E-state index contributed by atoms with van der Waals surface area (Å²) in [6.45, 7) is 5.00. The molecule has 14 heavy (non-hydrogen) atoms. The maximum atomic E-state index is 6.12. The maximum Gasteiger partial charge on any atom is 0.0474 e. The number of halogens is 1. The Morgan fingerprint density at radius 2 is 2.14 bits per heavy atom. The summed E-state index contributed by atoms with van der Waals surface area (Å²) in [5, 5.41) is 0.748. The van der Waals surface area contributed by atoms with E-state index in [1.807, 2.05) is 32.2 Å². The lowest BCUT2D eigenvalue weighted by atomic mass is 10.1. The molecule has 2 nitrogen and oxygen atoms in total. The van der Waals surface area contributed by atoms with Crippen molar-refractivity contribution in [2.45, 2.75) is 19.9 Å². The quantitative estimate of drug-likeness (QED) is 0.835. The fourth-order valence-corrected chi connectivity index (χ4v) is 1.82. The van der Waals surface area contributed by atoms with E-state index in [4.69, 9.17) is 17.3 Å². The van der Waals surface area contributed by atoms with E-state index in [1.54, 1.807) is 0 Å². The van der Waals surface area contributed by atoms with Gasteiger partial charge in [-0.25, -0.2) is 0 Å². The van der Waals surface area contributed by atoms with Gasteiger partial charge in [-0.15, -0.1) is 0 Å². The molecule has 0 aliphatic rings. The Balaban J connectivity index is 3.21. The largest absolute Gasteiger partial charge is 0.375 e. The first kappa shape index (κ1) is 11.3. The molecule has 0 radical (unpaired) electrons. The van der Waals surface area contributed by atoms with E-state index in [-0.39, 0.29) is 6.04 Å². The predicted octanol–water partition coefficient (Wildman–Crippen LogP) is 2.82. The van der Waals surface area contributed by atoms with Crippen molar-refractivity contribution < 1.29 is 0 Å². The lowest BCUT2D eigenvalue weighted by Crippen LogP contribution is -2.20. The monoisotopic (exact) mass is 212 g/mol. The maximum absolute atomic E-state index is 6.12. The third kappa shape index (κ3) is 2.20. The molecule has 2 N–H and O–H groups in total. The minimum Gasteiger partial charge on any atom is -0.375 e. The van der Waals surface area contributed by atoms with Gasteiger partial charge in [0.1, 0.15) is 0 Å². The zero-order chi connectivity index (χ0) is 10.7. The molecule has 0 saturated carbocycles. The van der Waals surface area contributed by atoms with E-state index in [2.05, 4.69) is 11.8 Å². The molecule has 0 unspecified atom stereocenters. The average molecular weight is 213 g/mol.